The van der Waals surface area contributed by atoms with Gasteiger partial charge in [0.25, 0.3) is 5.91 Å². The van der Waals surface area contributed by atoms with Crippen molar-refractivity contribution in [1.82, 2.24) is 24.7 Å². The third kappa shape index (κ3) is 5.91. The fraction of sp³-hybridized carbons (Fsp3) is 0.538. The lowest BCUT2D eigenvalue weighted by Gasteiger charge is -2.38. The van der Waals surface area contributed by atoms with Crippen LogP contribution in [-0.4, -0.2) is 82.0 Å². The minimum Gasteiger partial charge on any atom is -0.447 e. The van der Waals surface area contributed by atoms with E-state index in [0.717, 1.165) is 49.4 Å². The fourth-order valence-electron chi connectivity index (χ4n) is 4.43. The Hall–Kier alpha value is -3.00. The largest absolute Gasteiger partial charge is 0.447 e. The first-order chi connectivity index (χ1) is 16.3. The van der Waals surface area contributed by atoms with Gasteiger partial charge in [0.1, 0.15) is 0 Å². The molecule has 1 aliphatic heterocycles. The van der Waals surface area contributed by atoms with Crippen LogP contribution in [-0.2, 0) is 11.3 Å². The number of ether oxygens (including phenoxy) is 1. The van der Waals surface area contributed by atoms with Crippen molar-refractivity contribution in [3.8, 4) is 11.3 Å². The van der Waals surface area contributed by atoms with Crippen molar-refractivity contribution in [2.45, 2.75) is 64.3 Å². The molecule has 2 aromatic rings. The molecule has 0 bridgehead atoms. The number of carbonyl (C=O) groups excluding carboxylic acids is 2. The molecule has 8 nitrogen and oxygen atoms in total. The van der Waals surface area contributed by atoms with Crippen molar-refractivity contribution < 1.29 is 14.3 Å². The van der Waals surface area contributed by atoms with Gasteiger partial charge >= 0.3 is 6.09 Å². The van der Waals surface area contributed by atoms with Gasteiger partial charge in [-0.1, -0.05) is 12.1 Å². The third-order valence-corrected chi connectivity index (χ3v) is 6.43. The summed E-state index contributed by atoms with van der Waals surface area (Å²) in [6.07, 6.45) is 7.73. The highest BCUT2D eigenvalue weighted by Gasteiger charge is 2.36. The van der Waals surface area contributed by atoms with E-state index in [0.29, 0.717) is 17.6 Å². The second-order valence-corrected chi connectivity index (χ2v) is 9.72. The highest BCUT2D eigenvalue weighted by Crippen LogP contribution is 2.33. The summed E-state index contributed by atoms with van der Waals surface area (Å²) in [7, 11) is 3.49. The number of aromatic nitrogens is 2. The molecule has 1 aliphatic carbocycles. The van der Waals surface area contributed by atoms with Gasteiger partial charge in [-0.3, -0.25) is 19.7 Å². The van der Waals surface area contributed by atoms with Crippen LogP contribution in [0.4, 0.5) is 4.79 Å². The molecule has 4 rings (SSSR count). The summed E-state index contributed by atoms with van der Waals surface area (Å²) < 4.78 is 5.35. The van der Waals surface area contributed by atoms with Crippen molar-refractivity contribution in [2.75, 3.05) is 27.2 Å². The molecule has 34 heavy (non-hydrogen) atoms. The number of hydrogen-bond acceptors (Lipinski definition) is 6. The zero-order chi connectivity index (χ0) is 24.2. The Morgan fingerprint density at radius 1 is 1.00 bits per heavy atom. The normalized spacial score (nSPS) is 16.7. The first-order valence-corrected chi connectivity index (χ1v) is 12.2. The number of likely N-dealkylation sites (tertiary alicyclic amines) is 1. The predicted molar refractivity (Wildman–Crippen MR) is 130 cm³/mol. The lowest BCUT2D eigenvalue weighted by atomic mass is 10.0. The molecule has 2 aliphatic rings. The minimum atomic E-state index is -0.202. The van der Waals surface area contributed by atoms with Crippen molar-refractivity contribution >= 4 is 12.0 Å². The van der Waals surface area contributed by atoms with Crippen LogP contribution in [0.2, 0.25) is 0 Å². The van der Waals surface area contributed by atoms with E-state index in [4.69, 9.17) is 9.72 Å². The van der Waals surface area contributed by atoms with Crippen molar-refractivity contribution in [3.05, 3.63) is 47.9 Å². The van der Waals surface area contributed by atoms with Crippen LogP contribution in [0.1, 0.15) is 55.6 Å². The van der Waals surface area contributed by atoms with Gasteiger partial charge in [0, 0.05) is 56.9 Å². The molecule has 0 spiro atoms. The lowest BCUT2D eigenvalue weighted by molar-refractivity contribution is 0.0515. The van der Waals surface area contributed by atoms with Crippen LogP contribution in [0.3, 0.4) is 0 Å². The molecule has 1 saturated carbocycles. The monoisotopic (exact) mass is 465 g/mol. The molecule has 0 radical (unpaired) electrons. The Bertz CT molecular complexity index is 979. The molecule has 0 unspecified atom stereocenters. The summed E-state index contributed by atoms with van der Waals surface area (Å²) >= 11 is 0. The summed E-state index contributed by atoms with van der Waals surface area (Å²) in [5.41, 5.74) is 3.34. The van der Waals surface area contributed by atoms with E-state index < -0.39 is 0 Å². The van der Waals surface area contributed by atoms with Gasteiger partial charge in [-0.15, -0.1) is 0 Å². The molecular weight excluding hydrogens is 430 g/mol. The van der Waals surface area contributed by atoms with E-state index in [1.165, 1.54) is 12.8 Å². The lowest BCUT2D eigenvalue weighted by Crippen LogP contribution is -2.47. The fourth-order valence-corrected chi connectivity index (χ4v) is 4.43. The average Bonchev–Trinajstić information content (AvgIpc) is 3.67. The summed E-state index contributed by atoms with van der Waals surface area (Å²) in [4.78, 5) is 39.6. The van der Waals surface area contributed by atoms with Gasteiger partial charge in [-0.2, -0.15) is 0 Å². The molecule has 2 heterocycles. The number of nitrogens with zero attached hydrogens (tertiary/aromatic N) is 5. The Morgan fingerprint density at radius 2 is 1.65 bits per heavy atom. The van der Waals surface area contributed by atoms with E-state index in [9.17, 15) is 9.59 Å². The molecular formula is C26H35N5O3. The van der Waals surface area contributed by atoms with Crippen LogP contribution < -0.4 is 0 Å². The maximum atomic E-state index is 12.2. The highest BCUT2D eigenvalue weighted by atomic mass is 16.6. The van der Waals surface area contributed by atoms with E-state index in [-0.39, 0.29) is 18.1 Å². The van der Waals surface area contributed by atoms with Gasteiger partial charge in [-0.25, -0.2) is 4.79 Å². The van der Waals surface area contributed by atoms with Gasteiger partial charge in [-0.05, 0) is 51.7 Å². The zero-order valence-electron chi connectivity index (χ0n) is 20.6. The number of piperidine rings is 1. The number of benzene rings is 1. The average molecular weight is 466 g/mol. The quantitative estimate of drug-likeness (QED) is 0.619. The second-order valence-electron chi connectivity index (χ2n) is 9.72. The first-order valence-electron chi connectivity index (χ1n) is 12.2. The number of hydrogen-bond donors (Lipinski definition) is 0. The summed E-state index contributed by atoms with van der Waals surface area (Å²) in [6.45, 7) is 6.00. The van der Waals surface area contributed by atoms with Gasteiger partial charge in [0.15, 0.2) is 0 Å². The Labute approximate surface area is 201 Å². The maximum absolute atomic E-state index is 12.2. The molecule has 2 amide bonds. The number of rotatable bonds is 7. The molecule has 0 N–H and O–H groups in total. The zero-order valence-corrected chi connectivity index (χ0v) is 20.6. The molecule has 1 saturated heterocycles. The summed E-state index contributed by atoms with van der Waals surface area (Å²) in [5.74, 6) is -0.0178. The first kappa shape index (κ1) is 24.1. The smallest absolute Gasteiger partial charge is 0.410 e. The minimum absolute atomic E-state index is 0.0178. The number of amides is 2. The third-order valence-electron chi connectivity index (χ3n) is 6.43. The van der Waals surface area contributed by atoms with Crippen molar-refractivity contribution in [2.24, 2.45) is 0 Å². The van der Waals surface area contributed by atoms with Crippen LogP contribution in [0.25, 0.3) is 11.3 Å². The summed E-state index contributed by atoms with van der Waals surface area (Å²) in [5, 5.41) is 0. The highest BCUT2D eigenvalue weighted by molar-refractivity contribution is 5.94. The Morgan fingerprint density at radius 3 is 2.18 bits per heavy atom. The second kappa shape index (κ2) is 10.5. The predicted octanol–water partition coefficient (Wildman–Crippen LogP) is 3.82. The Kier molecular flexibility index (Phi) is 7.46. The topological polar surface area (TPSA) is 78.9 Å². The SMILES string of the molecule is CC(C)OC(=O)N1CCC(N(Cc2cnc(-c3ccc(C(=O)N(C)C)cc3)cn2)C2CC2)CC1. The molecule has 2 fully saturated rings. The molecule has 0 atom stereocenters. The van der Waals surface area contributed by atoms with Crippen LogP contribution in [0.5, 0.6) is 0 Å². The number of carbonyl (C=O) groups is 2. The van der Waals surface area contributed by atoms with Crippen LogP contribution >= 0.6 is 0 Å². The maximum Gasteiger partial charge on any atom is 0.410 e. The summed E-state index contributed by atoms with van der Waals surface area (Å²) in [6, 6.07) is 8.52. The molecule has 8 heteroatoms. The van der Waals surface area contributed by atoms with Crippen molar-refractivity contribution in [3.63, 3.8) is 0 Å². The van der Waals surface area contributed by atoms with E-state index in [2.05, 4.69) is 9.88 Å². The molecule has 182 valence electrons. The van der Waals surface area contributed by atoms with Crippen LogP contribution in [0, 0.1) is 0 Å². The molecule has 1 aromatic carbocycles. The van der Waals surface area contributed by atoms with Gasteiger partial charge < -0.3 is 14.5 Å². The van der Waals surface area contributed by atoms with Crippen LogP contribution in [0.15, 0.2) is 36.7 Å². The van der Waals surface area contributed by atoms with E-state index in [1.54, 1.807) is 19.0 Å². The van der Waals surface area contributed by atoms with E-state index in [1.807, 2.05) is 55.4 Å². The Balaban J connectivity index is 1.36. The van der Waals surface area contributed by atoms with Crippen molar-refractivity contribution in [1.29, 1.82) is 0 Å². The standard InChI is InChI=1S/C26H35N5O3/c1-18(2)34-26(33)30-13-11-23(12-14-30)31(22-9-10-22)17-21-15-28-24(16-27-21)19-5-7-20(8-6-19)25(32)29(3)4/h5-8,15-16,18,22-23H,9-14,17H2,1-4H3. The van der Waals surface area contributed by atoms with E-state index >= 15 is 0 Å². The molecule has 1 aromatic heterocycles. The van der Waals surface area contributed by atoms with Gasteiger partial charge in [0.2, 0.25) is 0 Å². The van der Waals surface area contributed by atoms with Gasteiger partial charge in [0.05, 0.1) is 29.9 Å².